The number of likely N-dealkylation sites (tertiary alicyclic amines) is 2. The largest absolute Gasteiger partial charge is 0.442 e. The standard InChI is InChI=1S/C29H31F3N6O4/c30-29(31,32)19-4-1-3-18(15-19)26(40)35-16-24(39)38-14-8-21-22(38)7-13-37(21)20-5-9-28(41,10-6-20)23-17-42-27(36-23)25-33-11-2-12-34-25/h1-4,11-12,15,17,20-22,41H,5-10,13-14,16H2,(H,35,40)/t20?,21-,22-,28?/m0/s1. The van der Waals surface area contributed by atoms with E-state index in [4.69, 9.17) is 4.42 Å². The molecule has 3 aromatic rings. The summed E-state index contributed by atoms with van der Waals surface area (Å²) in [7, 11) is 0. The van der Waals surface area contributed by atoms with Gasteiger partial charge in [-0.25, -0.2) is 15.0 Å². The summed E-state index contributed by atoms with van der Waals surface area (Å²) in [5, 5.41) is 13.9. The molecule has 0 radical (unpaired) electrons. The Morgan fingerprint density at radius 1 is 1.05 bits per heavy atom. The van der Waals surface area contributed by atoms with E-state index in [9.17, 15) is 27.9 Å². The van der Waals surface area contributed by atoms with Crippen LogP contribution in [0.1, 0.15) is 60.1 Å². The van der Waals surface area contributed by atoms with Gasteiger partial charge in [0.25, 0.3) is 11.8 Å². The molecule has 13 heteroatoms. The average Bonchev–Trinajstić information content (AvgIpc) is 3.74. The fourth-order valence-corrected chi connectivity index (χ4v) is 6.65. The van der Waals surface area contributed by atoms with Gasteiger partial charge in [-0.3, -0.25) is 14.5 Å². The third-order valence-corrected chi connectivity index (χ3v) is 8.78. The highest BCUT2D eigenvalue weighted by molar-refractivity contribution is 5.96. The summed E-state index contributed by atoms with van der Waals surface area (Å²) in [5.41, 5.74) is -1.67. The quantitative estimate of drug-likeness (QED) is 0.452. The number of hydrogen-bond donors (Lipinski definition) is 2. The van der Waals surface area contributed by atoms with Crippen molar-refractivity contribution in [2.75, 3.05) is 19.6 Å². The van der Waals surface area contributed by atoms with E-state index in [2.05, 4.69) is 25.2 Å². The van der Waals surface area contributed by atoms with Crippen molar-refractivity contribution in [1.82, 2.24) is 30.1 Å². The summed E-state index contributed by atoms with van der Waals surface area (Å²) < 4.78 is 44.5. The van der Waals surface area contributed by atoms with Gasteiger partial charge in [0.2, 0.25) is 11.7 Å². The maximum atomic E-state index is 13.0. The number of amides is 2. The summed E-state index contributed by atoms with van der Waals surface area (Å²) in [6, 6.07) is 6.33. The zero-order chi connectivity index (χ0) is 29.5. The average molecular weight is 585 g/mol. The maximum absolute atomic E-state index is 13.0. The number of nitrogens with zero attached hydrogens (tertiary/aromatic N) is 5. The zero-order valence-corrected chi connectivity index (χ0v) is 22.8. The van der Waals surface area contributed by atoms with Crippen molar-refractivity contribution in [3.8, 4) is 11.7 Å². The van der Waals surface area contributed by atoms with Crippen LogP contribution < -0.4 is 5.32 Å². The predicted octanol–water partition coefficient (Wildman–Crippen LogP) is 3.39. The molecule has 222 valence electrons. The predicted molar refractivity (Wildman–Crippen MR) is 143 cm³/mol. The first-order chi connectivity index (χ1) is 20.1. The van der Waals surface area contributed by atoms with Gasteiger partial charge in [-0.2, -0.15) is 13.2 Å². The minimum Gasteiger partial charge on any atom is -0.442 e. The third kappa shape index (κ3) is 5.50. The number of rotatable bonds is 6. The molecule has 4 heterocycles. The van der Waals surface area contributed by atoms with E-state index in [1.807, 2.05) is 0 Å². The second kappa shape index (κ2) is 11.1. The lowest BCUT2D eigenvalue weighted by Gasteiger charge is -2.40. The molecule has 1 aromatic carbocycles. The first-order valence-corrected chi connectivity index (χ1v) is 14.1. The molecule has 2 N–H and O–H groups in total. The Balaban J connectivity index is 1.02. The normalized spacial score (nSPS) is 26.3. The van der Waals surface area contributed by atoms with E-state index < -0.39 is 23.2 Å². The molecule has 3 aliphatic rings. The summed E-state index contributed by atoms with van der Waals surface area (Å²) in [6.45, 7) is 1.12. The monoisotopic (exact) mass is 584 g/mol. The Morgan fingerprint density at radius 2 is 1.79 bits per heavy atom. The first kappa shape index (κ1) is 28.3. The van der Waals surface area contributed by atoms with E-state index in [0.29, 0.717) is 30.9 Å². The number of halogens is 3. The molecule has 2 amide bonds. The van der Waals surface area contributed by atoms with Crippen LogP contribution in [0.15, 0.2) is 53.4 Å². The molecule has 0 bridgehead atoms. The number of carbonyl (C=O) groups is 2. The molecular formula is C29H31F3N6O4. The van der Waals surface area contributed by atoms with Gasteiger partial charge in [-0.05, 0) is 62.8 Å². The fraction of sp³-hybridized carbons (Fsp3) is 0.483. The second-order valence-corrected chi connectivity index (χ2v) is 11.2. The number of oxazole rings is 1. The molecular weight excluding hydrogens is 553 g/mol. The Hall–Kier alpha value is -3.84. The van der Waals surface area contributed by atoms with Gasteiger partial charge in [-0.15, -0.1) is 0 Å². The van der Waals surface area contributed by atoms with Gasteiger partial charge in [0.15, 0.2) is 0 Å². The minimum absolute atomic E-state index is 0.0211. The van der Waals surface area contributed by atoms with Crippen LogP contribution in [-0.4, -0.2) is 79.4 Å². The van der Waals surface area contributed by atoms with Crippen LogP contribution in [0.2, 0.25) is 0 Å². The minimum atomic E-state index is -4.56. The number of alkyl halides is 3. The SMILES string of the molecule is O=C(NCC(=O)N1CC[C@H]2[C@@H]1CCN2C1CCC(O)(c2coc(-c3ncccn3)n2)CC1)c1cccc(C(F)(F)F)c1. The summed E-state index contributed by atoms with van der Waals surface area (Å²) >= 11 is 0. The number of aromatic nitrogens is 3. The molecule has 2 saturated heterocycles. The van der Waals surface area contributed by atoms with Crippen LogP contribution in [0.25, 0.3) is 11.7 Å². The number of hydrogen-bond acceptors (Lipinski definition) is 8. The van der Waals surface area contributed by atoms with Crippen molar-refractivity contribution in [3.05, 3.63) is 65.8 Å². The number of benzene rings is 1. The van der Waals surface area contributed by atoms with Crippen molar-refractivity contribution < 1.29 is 32.3 Å². The highest BCUT2D eigenvalue weighted by Crippen LogP contribution is 2.42. The Labute approximate surface area is 240 Å². The zero-order valence-electron chi connectivity index (χ0n) is 22.8. The van der Waals surface area contributed by atoms with E-state index in [-0.39, 0.29) is 42.0 Å². The van der Waals surface area contributed by atoms with Crippen molar-refractivity contribution in [1.29, 1.82) is 0 Å². The van der Waals surface area contributed by atoms with Crippen LogP contribution in [0.5, 0.6) is 0 Å². The number of aliphatic hydroxyl groups is 1. The molecule has 1 aliphatic carbocycles. The number of fused-ring (bicyclic) bond motifs is 1. The Kier molecular flexibility index (Phi) is 7.48. The van der Waals surface area contributed by atoms with Gasteiger partial charge < -0.3 is 19.7 Å². The van der Waals surface area contributed by atoms with E-state index >= 15 is 0 Å². The summed E-state index contributed by atoms with van der Waals surface area (Å²) in [6.07, 6.45) is 4.33. The molecule has 2 atom stereocenters. The van der Waals surface area contributed by atoms with Crippen molar-refractivity contribution in [3.63, 3.8) is 0 Å². The van der Waals surface area contributed by atoms with Gasteiger partial charge >= 0.3 is 6.18 Å². The molecule has 6 rings (SSSR count). The fourth-order valence-electron chi connectivity index (χ4n) is 6.65. The Bertz CT molecular complexity index is 1440. The maximum Gasteiger partial charge on any atom is 0.416 e. The van der Waals surface area contributed by atoms with Crippen molar-refractivity contribution >= 4 is 11.8 Å². The van der Waals surface area contributed by atoms with E-state index in [0.717, 1.165) is 44.4 Å². The van der Waals surface area contributed by atoms with Crippen LogP contribution in [0, 0.1) is 0 Å². The van der Waals surface area contributed by atoms with Gasteiger partial charge in [-0.1, -0.05) is 6.07 Å². The molecule has 10 nitrogen and oxygen atoms in total. The molecule has 42 heavy (non-hydrogen) atoms. The molecule has 0 unspecified atom stereocenters. The van der Waals surface area contributed by atoms with Gasteiger partial charge in [0, 0.05) is 49.2 Å². The van der Waals surface area contributed by atoms with Crippen LogP contribution >= 0.6 is 0 Å². The molecule has 2 aliphatic heterocycles. The lowest BCUT2D eigenvalue weighted by Crippen LogP contribution is -2.47. The number of carbonyl (C=O) groups excluding carboxylic acids is 2. The highest BCUT2D eigenvalue weighted by Gasteiger charge is 2.48. The van der Waals surface area contributed by atoms with Crippen LogP contribution in [0.4, 0.5) is 13.2 Å². The lowest BCUT2D eigenvalue weighted by atomic mass is 9.79. The molecule has 2 aromatic heterocycles. The smallest absolute Gasteiger partial charge is 0.416 e. The first-order valence-electron chi connectivity index (χ1n) is 14.1. The van der Waals surface area contributed by atoms with E-state index in [1.54, 1.807) is 23.4 Å². The summed E-state index contributed by atoms with van der Waals surface area (Å²) in [4.78, 5) is 42.5. The van der Waals surface area contributed by atoms with Crippen molar-refractivity contribution in [2.45, 2.75) is 68.4 Å². The molecule has 0 spiro atoms. The molecule has 1 saturated carbocycles. The van der Waals surface area contributed by atoms with Gasteiger partial charge in [0.05, 0.1) is 12.1 Å². The third-order valence-electron chi connectivity index (χ3n) is 8.78. The highest BCUT2D eigenvalue weighted by atomic mass is 19.4. The lowest BCUT2D eigenvalue weighted by molar-refractivity contribution is -0.137. The van der Waals surface area contributed by atoms with Crippen LogP contribution in [-0.2, 0) is 16.6 Å². The topological polar surface area (TPSA) is 125 Å². The number of nitrogens with one attached hydrogen (secondary N) is 1. The van der Waals surface area contributed by atoms with Crippen molar-refractivity contribution in [2.24, 2.45) is 0 Å². The molecule has 3 fully saturated rings. The second-order valence-electron chi connectivity index (χ2n) is 11.2. The van der Waals surface area contributed by atoms with E-state index in [1.165, 1.54) is 18.4 Å². The van der Waals surface area contributed by atoms with Crippen LogP contribution in [0.3, 0.4) is 0 Å². The Morgan fingerprint density at radius 3 is 2.52 bits per heavy atom. The van der Waals surface area contributed by atoms with Gasteiger partial charge in [0.1, 0.15) is 17.6 Å². The summed E-state index contributed by atoms with van der Waals surface area (Å²) in [5.74, 6) is -0.333.